The average Bonchev–Trinajstić information content (AvgIpc) is 3.34. The van der Waals surface area contributed by atoms with Gasteiger partial charge in [0.05, 0.1) is 26.4 Å². The van der Waals surface area contributed by atoms with Crippen LogP contribution in [0.1, 0.15) is 363 Å². The number of hydrogen-bond acceptors (Lipinski definition) is 15. The lowest BCUT2D eigenvalue weighted by Gasteiger charge is -2.21. The lowest BCUT2D eigenvalue weighted by molar-refractivity contribution is -0.161. The van der Waals surface area contributed by atoms with Crippen LogP contribution in [0.25, 0.3) is 0 Å². The van der Waals surface area contributed by atoms with Crippen molar-refractivity contribution in [1.82, 2.24) is 0 Å². The van der Waals surface area contributed by atoms with E-state index in [4.69, 9.17) is 37.0 Å². The summed E-state index contributed by atoms with van der Waals surface area (Å²) in [7, 11) is -9.89. The average molecular weight is 1340 g/mol. The standard InChI is InChI=1S/C72H140O17P2/c1-8-10-11-36-46-53-69(74)82-59-67(89-72(77)56-49-42-35-34-38-44-51-64(5)6)61-86-90(78,79)84-57-66(73)58-85-91(80,81)87-62-68(60-83-70(75)54-47-40-32-28-24-21-20-22-26-30-37-43-50-63(3)4)88-71(76)55-48-41-33-29-25-19-17-15-13-12-14-16-18-23-27-31-39-45-52-65(7)9-2/h63-68,73H,8-62H2,1-7H3,(H,78,79)(H,80,81)/t65?,66-,67+,68+/m0/s1. The molecule has 19 heteroatoms. The molecule has 0 amide bonds. The van der Waals surface area contributed by atoms with Crippen LogP contribution in [-0.2, 0) is 65.4 Å². The molecule has 0 aromatic rings. The van der Waals surface area contributed by atoms with Crippen molar-refractivity contribution in [2.24, 2.45) is 17.8 Å². The molecule has 3 N–H and O–H groups in total. The molecular weight excluding hydrogens is 1200 g/mol. The van der Waals surface area contributed by atoms with E-state index in [9.17, 15) is 43.2 Å². The summed E-state index contributed by atoms with van der Waals surface area (Å²) in [5, 5.41) is 10.6. The minimum Gasteiger partial charge on any atom is -0.462 e. The Bertz CT molecular complexity index is 1790. The van der Waals surface area contributed by atoms with E-state index in [1.807, 2.05) is 0 Å². The van der Waals surface area contributed by atoms with Crippen molar-refractivity contribution in [1.29, 1.82) is 0 Å². The van der Waals surface area contributed by atoms with E-state index in [1.54, 1.807) is 0 Å². The number of rotatable bonds is 70. The number of aliphatic hydroxyl groups excluding tert-OH is 1. The van der Waals surface area contributed by atoms with Crippen molar-refractivity contribution in [3.05, 3.63) is 0 Å². The topological polar surface area (TPSA) is 237 Å². The maximum Gasteiger partial charge on any atom is 0.472 e. The van der Waals surface area contributed by atoms with Gasteiger partial charge in [-0.15, -0.1) is 0 Å². The number of unbranched alkanes of at least 4 members (excludes halogenated alkanes) is 37. The number of phosphoric acid groups is 2. The fourth-order valence-corrected chi connectivity index (χ4v) is 12.4. The summed E-state index contributed by atoms with van der Waals surface area (Å²) in [6.07, 6.45) is 47.9. The molecule has 0 radical (unpaired) electrons. The Morgan fingerprint density at radius 1 is 0.319 bits per heavy atom. The van der Waals surface area contributed by atoms with Crippen LogP contribution >= 0.6 is 15.6 Å². The lowest BCUT2D eigenvalue weighted by Crippen LogP contribution is -2.30. The van der Waals surface area contributed by atoms with E-state index in [0.29, 0.717) is 31.6 Å². The third-order valence-corrected chi connectivity index (χ3v) is 18.9. The molecule has 0 rings (SSSR count). The highest BCUT2D eigenvalue weighted by Gasteiger charge is 2.30. The van der Waals surface area contributed by atoms with Crippen LogP contribution < -0.4 is 0 Å². The van der Waals surface area contributed by atoms with Crippen LogP contribution in [0.2, 0.25) is 0 Å². The first kappa shape index (κ1) is 89.1. The smallest absolute Gasteiger partial charge is 0.462 e. The Kier molecular flexibility index (Phi) is 61.5. The highest BCUT2D eigenvalue weighted by atomic mass is 31.2. The van der Waals surface area contributed by atoms with E-state index < -0.39 is 97.5 Å². The molecule has 0 aliphatic heterocycles. The molecule has 0 aliphatic carbocycles. The molecule has 0 aliphatic rings. The van der Waals surface area contributed by atoms with Gasteiger partial charge in [0.15, 0.2) is 12.2 Å². The van der Waals surface area contributed by atoms with Gasteiger partial charge in [0, 0.05) is 25.7 Å². The second-order valence-corrected chi connectivity index (χ2v) is 30.1. The van der Waals surface area contributed by atoms with E-state index in [2.05, 4.69) is 48.5 Å². The van der Waals surface area contributed by atoms with Crippen LogP contribution in [-0.4, -0.2) is 96.7 Å². The first-order chi connectivity index (χ1) is 43.8. The minimum atomic E-state index is -4.95. The van der Waals surface area contributed by atoms with E-state index in [0.717, 1.165) is 108 Å². The zero-order valence-electron chi connectivity index (χ0n) is 59.3. The summed E-state index contributed by atoms with van der Waals surface area (Å²) in [5.74, 6) is 0.183. The molecule has 0 spiro atoms. The van der Waals surface area contributed by atoms with Gasteiger partial charge in [-0.3, -0.25) is 37.3 Å². The van der Waals surface area contributed by atoms with Gasteiger partial charge in [0.1, 0.15) is 19.3 Å². The van der Waals surface area contributed by atoms with Gasteiger partial charge in [-0.25, -0.2) is 9.13 Å². The van der Waals surface area contributed by atoms with Crippen LogP contribution in [0.3, 0.4) is 0 Å². The highest BCUT2D eigenvalue weighted by molar-refractivity contribution is 7.47. The number of aliphatic hydroxyl groups is 1. The van der Waals surface area contributed by atoms with Gasteiger partial charge in [0.2, 0.25) is 0 Å². The third kappa shape index (κ3) is 65.1. The van der Waals surface area contributed by atoms with Gasteiger partial charge >= 0.3 is 39.5 Å². The Hall–Kier alpha value is -1.94. The molecule has 0 heterocycles. The lowest BCUT2D eigenvalue weighted by atomic mass is 9.99. The monoisotopic (exact) mass is 1340 g/mol. The second kappa shape index (κ2) is 62.8. The zero-order valence-corrected chi connectivity index (χ0v) is 61.1. The molecule has 0 bridgehead atoms. The molecule has 3 unspecified atom stereocenters. The maximum absolute atomic E-state index is 13.1. The quantitative estimate of drug-likeness (QED) is 0.0222. The van der Waals surface area contributed by atoms with Gasteiger partial charge in [-0.05, 0) is 43.4 Å². The Morgan fingerprint density at radius 3 is 0.835 bits per heavy atom. The van der Waals surface area contributed by atoms with Crippen molar-refractivity contribution >= 4 is 39.5 Å². The number of carbonyl (C=O) groups is 4. The number of ether oxygens (including phenoxy) is 4. The summed E-state index contributed by atoms with van der Waals surface area (Å²) in [6, 6.07) is 0. The van der Waals surface area contributed by atoms with Crippen molar-refractivity contribution in [3.8, 4) is 0 Å². The molecule has 0 aromatic heterocycles. The van der Waals surface area contributed by atoms with Crippen molar-refractivity contribution < 1.29 is 80.2 Å². The fraction of sp³-hybridized carbons (Fsp3) is 0.944. The summed E-state index contributed by atoms with van der Waals surface area (Å²) in [4.78, 5) is 72.2. The first-order valence-corrected chi connectivity index (χ1v) is 40.4. The summed E-state index contributed by atoms with van der Waals surface area (Å²) >= 11 is 0. The van der Waals surface area contributed by atoms with Crippen LogP contribution in [0.15, 0.2) is 0 Å². The molecule has 0 fully saturated rings. The second-order valence-electron chi connectivity index (χ2n) is 27.2. The van der Waals surface area contributed by atoms with E-state index in [-0.39, 0.29) is 25.7 Å². The first-order valence-electron chi connectivity index (χ1n) is 37.4. The third-order valence-electron chi connectivity index (χ3n) is 17.0. The zero-order chi connectivity index (χ0) is 67.3. The number of hydrogen-bond donors (Lipinski definition) is 3. The van der Waals surface area contributed by atoms with Crippen molar-refractivity contribution in [3.63, 3.8) is 0 Å². The number of carbonyl (C=O) groups excluding carboxylic acids is 4. The Balaban J connectivity index is 5.10. The van der Waals surface area contributed by atoms with Crippen LogP contribution in [0.5, 0.6) is 0 Å². The van der Waals surface area contributed by atoms with E-state index >= 15 is 0 Å². The van der Waals surface area contributed by atoms with Crippen molar-refractivity contribution in [2.75, 3.05) is 39.6 Å². The fourth-order valence-electron chi connectivity index (χ4n) is 10.9. The van der Waals surface area contributed by atoms with Gasteiger partial charge in [0.25, 0.3) is 0 Å². The highest BCUT2D eigenvalue weighted by Crippen LogP contribution is 2.45. The van der Waals surface area contributed by atoms with E-state index in [1.165, 1.54) is 167 Å². The molecule has 540 valence electrons. The largest absolute Gasteiger partial charge is 0.472 e. The predicted octanol–water partition coefficient (Wildman–Crippen LogP) is 20.6. The summed E-state index contributed by atoms with van der Waals surface area (Å²) in [5.41, 5.74) is 0. The minimum absolute atomic E-state index is 0.101. The summed E-state index contributed by atoms with van der Waals surface area (Å²) < 4.78 is 68.0. The molecule has 0 aromatic carbocycles. The van der Waals surface area contributed by atoms with Gasteiger partial charge in [-0.1, -0.05) is 312 Å². The molecule has 91 heavy (non-hydrogen) atoms. The van der Waals surface area contributed by atoms with Crippen LogP contribution in [0.4, 0.5) is 0 Å². The normalized spacial score (nSPS) is 14.5. The maximum atomic E-state index is 13.1. The Morgan fingerprint density at radius 2 is 0.560 bits per heavy atom. The SMILES string of the molecule is CCCCCCCC(=O)OC[C@H](COP(=O)(O)OC[C@H](O)COP(=O)(O)OC[C@@H](COC(=O)CCCCCCCCCCCCCCC(C)C)OC(=O)CCCCCCCCCCCCCCCCCCCCC(C)CC)OC(=O)CCCCCCCCC(C)C. The predicted molar refractivity (Wildman–Crippen MR) is 368 cm³/mol. The van der Waals surface area contributed by atoms with Crippen molar-refractivity contribution in [2.45, 2.75) is 381 Å². The molecule has 17 nitrogen and oxygen atoms in total. The molecule has 0 saturated heterocycles. The van der Waals surface area contributed by atoms with Gasteiger partial charge in [-0.2, -0.15) is 0 Å². The Labute approximate surface area is 556 Å². The number of esters is 4. The molecule has 0 saturated carbocycles. The summed E-state index contributed by atoms with van der Waals surface area (Å²) in [6.45, 7) is 11.8. The van der Waals surface area contributed by atoms with Crippen LogP contribution in [0, 0.1) is 17.8 Å². The molecule has 6 atom stereocenters. The number of phosphoric ester groups is 2. The van der Waals surface area contributed by atoms with Gasteiger partial charge < -0.3 is 33.8 Å². The molecular formula is C72H140O17P2.